The van der Waals surface area contributed by atoms with Gasteiger partial charge in [-0.15, -0.1) is 0 Å². The number of esters is 1. The number of aromatic amines is 1. The van der Waals surface area contributed by atoms with Crippen LogP contribution in [0.5, 0.6) is 0 Å². The zero-order chi connectivity index (χ0) is 45.5. The maximum absolute atomic E-state index is 14.5. The van der Waals surface area contributed by atoms with E-state index in [0.29, 0.717) is 19.4 Å². The smallest absolute Gasteiger partial charge is 0.407 e. The molecule has 0 aliphatic carbocycles. The van der Waals surface area contributed by atoms with Crippen molar-refractivity contribution in [3.8, 4) is 0 Å². The quantitative estimate of drug-likeness (QED) is 0.0892. The molecule has 4 aliphatic heterocycles. The first-order chi connectivity index (χ1) is 29.2. The van der Waals surface area contributed by atoms with Crippen molar-refractivity contribution in [1.82, 2.24) is 20.2 Å². The molecule has 4 aliphatic rings. The molecule has 17 heteroatoms. The van der Waals surface area contributed by atoms with Crippen LogP contribution in [0.3, 0.4) is 0 Å². The van der Waals surface area contributed by atoms with Crippen LogP contribution in [0.4, 0.5) is 4.79 Å². The summed E-state index contributed by atoms with van der Waals surface area (Å²) in [5.74, 6) is -2.65. The maximum atomic E-state index is 14.5. The minimum absolute atomic E-state index is 0.0208. The van der Waals surface area contributed by atoms with Crippen LogP contribution >= 0.6 is 0 Å². The minimum Gasteiger partial charge on any atom is -0.459 e. The van der Waals surface area contributed by atoms with Crippen molar-refractivity contribution in [3.63, 3.8) is 0 Å². The molecule has 0 bridgehead atoms. The van der Waals surface area contributed by atoms with Gasteiger partial charge in [0.05, 0.1) is 0 Å². The highest BCUT2D eigenvalue weighted by atomic mass is 16.8. The van der Waals surface area contributed by atoms with Gasteiger partial charge in [-0.3, -0.25) is 19.1 Å². The van der Waals surface area contributed by atoms with Crippen molar-refractivity contribution >= 4 is 12.1 Å². The van der Waals surface area contributed by atoms with E-state index in [2.05, 4.69) is 22.5 Å². The van der Waals surface area contributed by atoms with Gasteiger partial charge in [0.15, 0.2) is 24.1 Å². The Labute approximate surface area is 367 Å². The molecule has 0 radical (unpaired) electrons. The topological polar surface area (TPSA) is 196 Å². The van der Waals surface area contributed by atoms with Gasteiger partial charge in [-0.25, -0.2) is 9.59 Å². The Kier molecular flexibility index (Phi) is 17.3. The molecular weight excluding hydrogens is 805 g/mol. The van der Waals surface area contributed by atoms with Gasteiger partial charge >= 0.3 is 17.8 Å². The van der Waals surface area contributed by atoms with E-state index in [4.69, 9.17) is 42.6 Å². The summed E-state index contributed by atoms with van der Waals surface area (Å²) in [5, 5.41) is 6.28. The fourth-order valence-corrected chi connectivity index (χ4v) is 8.63. The fourth-order valence-electron chi connectivity index (χ4n) is 8.63. The molecule has 5 heterocycles. The number of alkyl carbamates (subject to hydrolysis) is 1. The third kappa shape index (κ3) is 13.3. The van der Waals surface area contributed by atoms with Gasteiger partial charge in [0.1, 0.15) is 60.0 Å². The van der Waals surface area contributed by atoms with E-state index in [1.165, 1.54) is 55.4 Å². The number of nitrogens with zero attached hydrogens (tertiary/aromatic N) is 1. The predicted octanol–water partition coefficient (Wildman–Crippen LogP) is 6.11. The Bertz CT molecular complexity index is 1720. The highest BCUT2D eigenvalue weighted by Gasteiger charge is 2.63. The summed E-state index contributed by atoms with van der Waals surface area (Å²) in [4.78, 5) is 55.0. The average Bonchev–Trinajstić information content (AvgIpc) is 3.90. The number of aromatic nitrogens is 2. The third-order valence-corrected chi connectivity index (χ3v) is 11.6. The number of nitrogens with one attached hydrogen (secondary N) is 3. The molecule has 0 aromatic carbocycles. The Hall–Kier alpha value is -2.90. The van der Waals surface area contributed by atoms with E-state index in [1.807, 2.05) is 13.8 Å². The van der Waals surface area contributed by atoms with Crippen molar-refractivity contribution in [3.05, 3.63) is 33.1 Å². The van der Waals surface area contributed by atoms with E-state index in [-0.39, 0.29) is 6.54 Å². The molecule has 1 aromatic heterocycles. The summed E-state index contributed by atoms with van der Waals surface area (Å²) in [7, 11) is 0. The molecule has 62 heavy (non-hydrogen) atoms. The van der Waals surface area contributed by atoms with E-state index in [0.717, 1.165) is 25.7 Å². The Morgan fingerprint density at radius 1 is 0.790 bits per heavy atom. The first kappa shape index (κ1) is 50.1. The lowest BCUT2D eigenvalue weighted by atomic mass is 9.98. The largest absolute Gasteiger partial charge is 0.459 e. The zero-order valence-corrected chi connectivity index (χ0v) is 39.1. The van der Waals surface area contributed by atoms with Gasteiger partial charge in [0.25, 0.3) is 5.56 Å². The van der Waals surface area contributed by atoms with Crippen LogP contribution in [0.25, 0.3) is 0 Å². The molecule has 0 unspecified atom stereocenters. The van der Waals surface area contributed by atoms with Crippen LogP contribution in [0.1, 0.15) is 159 Å². The first-order valence-electron chi connectivity index (χ1n) is 23.1. The number of carbonyl (C=O) groups excluding carboxylic acids is 2. The van der Waals surface area contributed by atoms with Crippen LogP contribution in [-0.2, 0) is 47.4 Å². The van der Waals surface area contributed by atoms with Gasteiger partial charge < -0.3 is 53.3 Å². The summed E-state index contributed by atoms with van der Waals surface area (Å²) in [6.07, 6.45) is 4.92. The molecular formula is C45H76N4O13. The number of hydrogen-bond donors (Lipinski definition) is 3. The van der Waals surface area contributed by atoms with Crippen LogP contribution in [0.2, 0.25) is 0 Å². The van der Waals surface area contributed by atoms with Gasteiger partial charge in [-0.1, -0.05) is 78.6 Å². The lowest BCUT2D eigenvalue weighted by Crippen LogP contribution is -2.58. The van der Waals surface area contributed by atoms with Crippen LogP contribution in [-0.4, -0.2) is 113 Å². The van der Waals surface area contributed by atoms with Crippen molar-refractivity contribution in [1.29, 1.82) is 0 Å². The first-order valence-corrected chi connectivity index (χ1v) is 23.1. The second-order valence-electron chi connectivity index (χ2n) is 19.5. The predicted molar refractivity (Wildman–Crippen MR) is 229 cm³/mol. The molecule has 354 valence electrons. The SMILES string of the molecule is CCCCCCCCCCCCN[C@H](C(=O)OC(C)(C)C)[C@H](O[C@@H]1O[C@H](CNC(=O)OC(C)(C)C)[C@H]2OC(CC)(CC)O[C@@H]12)[C@H]1O[C@@H](n2ccc(=O)[nH]c2=O)[C@@H]2OC(C)(C)O[C@H]12. The molecule has 17 nitrogen and oxygen atoms in total. The normalized spacial score (nSPS) is 28.6. The monoisotopic (exact) mass is 881 g/mol. The van der Waals surface area contributed by atoms with Gasteiger partial charge in [-0.2, -0.15) is 0 Å². The standard InChI is InChI=1S/C45H76N4O13/c1-12-15-16-17-18-19-20-21-22-23-25-46-30(38(51)61-42(4,5)6)32(33-34-35(58-44(10,11)57-34)37(55-33)49-26-24-29(50)48-40(49)52)56-39-36-31(59-45(13-2,14-3)60-36)28(54-39)27-47-41(53)62-43(7,8)9/h24,26,28,30-37,39,46H,12-23,25,27H2,1-11H3,(H,47,53)(H,48,50,52)/t28-,30+,31-,32+,33-,34-,35-,36-,37-,39+/m1/s1. The number of hydrogen-bond acceptors (Lipinski definition) is 14. The fraction of sp³-hybridized carbons (Fsp3) is 0.867. The zero-order valence-electron chi connectivity index (χ0n) is 39.1. The van der Waals surface area contributed by atoms with E-state index >= 15 is 0 Å². The molecule has 3 N–H and O–H groups in total. The summed E-state index contributed by atoms with van der Waals surface area (Å²) in [6.45, 7) is 20.9. The molecule has 5 rings (SSSR count). The third-order valence-electron chi connectivity index (χ3n) is 11.6. The number of unbranched alkanes of at least 4 members (excludes halogenated alkanes) is 9. The second kappa shape index (κ2) is 21.4. The number of ether oxygens (including phenoxy) is 9. The molecule has 1 amide bonds. The lowest BCUT2D eigenvalue weighted by Gasteiger charge is -2.37. The highest BCUT2D eigenvalue weighted by molar-refractivity contribution is 5.77. The molecule has 0 saturated carbocycles. The Morgan fingerprint density at radius 2 is 1.39 bits per heavy atom. The summed E-state index contributed by atoms with van der Waals surface area (Å²) >= 11 is 0. The number of fused-ring (bicyclic) bond motifs is 2. The maximum Gasteiger partial charge on any atom is 0.407 e. The molecule has 4 saturated heterocycles. The Morgan fingerprint density at radius 3 is 1.98 bits per heavy atom. The highest BCUT2D eigenvalue weighted by Crippen LogP contribution is 2.47. The van der Waals surface area contributed by atoms with E-state index in [9.17, 15) is 19.2 Å². The second-order valence-corrected chi connectivity index (χ2v) is 19.5. The number of H-pyrrole nitrogens is 1. The lowest BCUT2D eigenvalue weighted by molar-refractivity contribution is -0.276. The number of rotatable bonds is 22. The minimum atomic E-state index is -1.19. The van der Waals surface area contributed by atoms with Gasteiger partial charge in [0.2, 0.25) is 0 Å². The molecule has 1 aromatic rings. The van der Waals surface area contributed by atoms with E-state index < -0.39 is 107 Å². The molecule has 4 fully saturated rings. The van der Waals surface area contributed by atoms with Crippen molar-refractivity contribution in [2.24, 2.45) is 0 Å². The molecule has 0 spiro atoms. The number of carbonyl (C=O) groups is 2. The van der Waals surface area contributed by atoms with Crippen molar-refractivity contribution in [2.75, 3.05) is 13.1 Å². The van der Waals surface area contributed by atoms with Crippen LogP contribution in [0, 0.1) is 0 Å². The summed E-state index contributed by atoms with van der Waals surface area (Å²) in [5.41, 5.74) is -2.86. The van der Waals surface area contributed by atoms with Crippen LogP contribution < -0.4 is 21.9 Å². The van der Waals surface area contributed by atoms with Gasteiger partial charge in [0, 0.05) is 18.8 Å². The van der Waals surface area contributed by atoms with Crippen molar-refractivity contribution in [2.45, 2.75) is 237 Å². The number of amides is 1. The van der Waals surface area contributed by atoms with Gasteiger partial charge in [-0.05, 0) is 81.2 Å². The summed E-state index contributed by atoms with van der Waals surface area (Å²) < 4.78 is 59.3. The van der Waals surface area contributed by atoms with E-state index in [1.54, 1.807) is 55.4 Å². The Balaban J connectivity index is 1.47. The van der Waals surface area contributed by atoms with Crippen molar-refractivity contribution < 1.29 is 52.2 Å². The van der Waals surface area contributed by atoms with Crippen LogP contribution in [0.15, 0.2) is 21.9 Å². The molecule has 10 atom stereocenters. The average molecular weight is 881 g/mol. The summed E-state index contributed by atoms with van der Waals surface area (Å²) in [6, 6.07) is 0.0880.